The largest absolute Gasteiger partial charge is 0.363 e. The summed E-state index contributed by atoms with van der Waals surface area (Å²) in [4.78, 5) is 18.8. The first-order chi connectivity index (χ1) is 3.80. The van der Waals surface area contributed by atoms with Crippen LogP contribution < -0.4 is 5.73 Å². The van der Waals surface area contributed by atoms with Gasteiger partial charge in [-0.15, -0.1) is 0 Å². The van der Waals surface area contributed by atoms with E-state index < -0.39 is 5.91 Å². The number of hydrogen-bond acceptors (Lipinski definition) is 3. The smallest absolute Gasteiger partial charge is 0.287 e. The Bertz CT molecular complexity index is 140. The summed E-state index contributed by atoms with van der Waals surface area (Å²) in [7, 11) is 0. The van der Waals surface area contributed by atoms with Gasteiger partial charge in [0.05, 0.1) is 0 Å². The molecule has 44 valence electrons. The highest BCUT2D eigenvalue weighted by molar-refractivity contribution is 5.89. The van der Waals surface area contributed by atoms with Crippen molar-refractivity contribution in [3.63, 3.8) is 0 Å². The Morgan fingerprint density at radius 2 is 2.62 bits per heavy atom. The first-order valence-corrected chi connectivity index (χ1v) is 2.10. The van der Waals surface area contributed by atoms with E-state index in [1.54, 1.807) is 0 Å². The minimum atomic E-state index is -0.595. The van der Waals surface area contributed by atoms with Gasteiger partial charge in [-0.3, -0.25) is 4.79 Å². The van der Waals surface area contributed by atoms with Gasteiger partial charge in [-0.25, -0.2) is 0 Å². The van der Waals surface area contributed by atoms with Gasteiger partial charge in [-0.1, -0.05) is 0 Å². The molecule has 1 aliphatic heterocycles. The Kier molecular flexibility index (Phi) is 1.17. The molecule has 1 heterocycles. The van der Waals surface area contributed by atoms with Crippen LogP contribution in [-0.2, 0) is 14.6 Å². The van der Waals surface area contributed by atoms with Crippen molar-refractivity contribution in [1.29, 1.82) is 0 Å². The van der Waals surface area contributed by atoms with Gasteiger partial charge in [0.2, 0.25) is 5.76 Å². The van der Waals surface area contributed by atoms with Crippen molar-refractivity contribution >= 4 is 5.91 Å². The second kappa shape index (κ2) is 1.83. The quantitative estimate of drug-likeness (QED) is 0.460. The maximum atomic E-state index is 10.2. The highest BCUT2D eigenvalue weighted by Gasteiger charge is 2.11. The molecular weight excluding hydrogens is 110 g/mol. The van der Waals surface area contributed by atoms with Crippen molar-refractivity contribution in [2.75, 3.05) is 6.61 Å². The summed E-state index contributed by atoms with van der Waals surface area (Å²) in [5.74, 6) is -0.507. The summed E-state index contributed by atoms with van der Waals surface area (Å²) in [6, 6.07) is 0. The molecule has 0 atom stereocenters. The third-order valence-electron chi connectivity index (χ3n) is 0.728. The van der Waals surface area contributed by atoms with Crippen LogP contribution in [0.4, 0.5) is 0 Å². The maximum Gasteiger partial charge on any atom is 0.287 e. The van der Waals surface area contributed by atoms with Gasteiger partial charge in [0, 0.05) is 0 Å². The molecule has 0 bridgehead atoms. The summed E-state index contributed by atoms with van der Waals surface area (Å²) in [6.45, 7) is 0.304. The topological polar surface area (TPSA) is 61.6 Å². The summed E-state index contributed by atoms with van der Waals surface area (Å²) >= 11 is 0. The molecule has 0 unspecified atom stereocenters. The normalized spacial score (nSPS) is 17.2. The van der Waals surface area contributed by atoms with Crippen LogP contribution in [0, 0.1) is 0 Å². The molecule has 8 heavy (non-hydrogen) atoms. The van der Waals surface area contributed by atoms with Crippen molar-refractivity contribution in [2.45, 2.75) is 0 Å². The molecule has 1 aliphatic rings. The van der Waals surface area contributed by atoms with E-state index in [1.165, 1.54) is 6.08 Å². The highest BCUT2D eigenvalue weighted by Crippen LogP contribution is 2.03. The highest BCUT2D eigenvalue weighted by atomic mass is 17.2. The van der Waals surface area contributed by atoms with Crippen LogP contribution in [0.5, 0.6) is 0 Å². The fourth-order valence-electron chi connectivity index (χ4n) is 0.383. The number of nitrogens with two attached hydrogens (primary N) is 1. The number of amides is 1. The molecule has 0 saturated carbocycles. The molecule has 0 saturated heterocycles. The van der Waals surface area contributed by atoms with E-state index in [0.29, 0.717) is 6.61 Å². The van der Waals surface area contributed by atoms with Crippen LogP contribution in [0.15, 0.2) is 11.8 Å². The average molecular weight is 115 g/mol. The van der Waals surface area contributed by atoms with Crippen LogP contribution in [0.3, 0.4) is 0 Å². The van der Waals surface area contributed by atoms with Gasteiger partial charge in [-0.05, 0) is 6.08 Å². The van der Waals surface area contributed by atoms with Crippen molar-refractivity contribution in [3.05, 3.63) is 11.8 Å². The summed E-state index contributed by atoms with van der Waals surface area (Å²) < 4.78 is 0. The summed E-state index contributed by atoms with van der Waals surface area (Å²) in [5, 5.41) is 0. The van der Waals surface area contributed by atoms with E-state index in [1.807, 2.05) is 0 Å². The fraction of sp³-hybridized carbons (Fsp3) is 0.250. The molecular formula is C4H5NO3. The Labute approximate surface area is 45.8 Å². The number of rotatable bonds is 1. The molecule has 0 aromatic heterocycles. The predicted octanol–water partition coefficient (Wildman–Crippen LogP) is -0.683. The van der Waals surface area contributed by atoms with E-state index in [9.17, 15) is 4.79 Å². The van der Waals surface area contributed by atoms with Crippen LogP contribution in [-0.4, -0.2) is 12.5 Å². The molecule has 4 heteroatoms. The SMILES string of the molecule is NC(=O)C1=CCOO1. The summed E-state index contributed by atoms with van der Waals surface area (Å²) in [5.41, 5.74) is 4.79. The molecule has 0 spiro atoms. The van der Waals surface area contributed by atoms with Crippen LogP contribution in [0.2, 0.25) is 0 Å². The zero-order valence-corrected chi connectivity index (χ0v) is 4.09. The lowest BCUT2D eigenvalue weighted by Gasteiger charge is -1.91. The lowest BCUT2D eigenvalue weighted by atomic mass is 10.4. The molecule has 1 amide bonds. The monoisotopic (exact) mass is 115 g/mol. The van der Waals surface area contributed by atoms with Crippen LogP contribution >= 0.6 is 0 Å². The van der Waals surface area contributed by atoms with E-state index in [-0.39, 0.29) is 5.76 Å². The van der Waals surface area contributed by atoms with Crippen LogP contribution in [0.1, 0.15) is 0 Å². The van der Waals surface area contributed by atoms with Crippen molar-refractivity contribution in [1.82, 2.24) is 0 Å². The molecule has 0 aromatic carbocycles. The van der Waals surface area contributed by atoms with Gasteiger partial charge in [0.1, 0.15) is 6.61 Å². The van der Waals surface area contributed by atoms with Gasteiger partial charge in [0.15, 0.2) is 0 Å². The van der Waals surface area contributed by atoms with Gasteiger partial charge >= 0.3 is 0 Å². The van der Waals surface area contributed by atoms with E-state index in [4.69, 9.17) is 5.73 Å². The van der Waals surface area contributed by atoms with Crippen molar-refractivity contribution in [3.8, 4) is 0 Å². The molecule has 0 radical (unpaired) electrons. The minimum Gasteiger partial charge on any atom is -0.363 e. The Balaban J connectivity index is 2.57. The lowest BCUT2D eigenvalue weighted by Crippen LogP contribution is -2.13. The van der Waals surface area contributed by atoms with Crippen LogP contribution in [0.25, 0.3) is 0 Å². The third-order valence-corrected chi connectivity index (χ3v) is 0.728. The van der Waals surface area contributed by atoms with E-state index in [2.05, 4.69) is 9.78 Å². The second-order valence-corrected chi connectivity index (χ2v) is 1.30. The number of hydrogen-bond donors (Lipinski definition) is 1. The lowest BCUT2D eigenvalue weighted by molar-refractivity contribution is -0.233. The molecule has 2 N–H and O–H groups in total. The number of carbonyl (C=O) groups is 1. The predicted molar refractivity (Wildman–Crippen MR) is 24.3 cm³/mol. The van der Waals surface area contributed by atoms with E-state index in [0.717, 1.165) is 0 Å². The number of carbonyl (C=O) groups excluding carboxylic acids is 1. The minimum absolute atomic E-state index is 0.0880. The molecule has 4 nitrogen and oxygen atoms in total. The third kappa shape index (κ3) is 0.788. The molecule has 0 aliphatic carbocycles. The second-order valence-electron chi connectivity index (χ2n) is 1.30. The van der Waals surface area contributed by atoms with E-state index >= 15 is 0 Å². The molecule has 0 fully saturated rings. The molecule has 1 rings (SSSR count). The van der Waals surface area contributed by atoms with Gasteiger partial charge < -0.3 is 10.6 Å². The van der Waals surface area contributed by atoms with Crippen molar-refractivity contribution in [2.24, 2.45) is 5.73 Å². The number of primary amides is 1. The zero-order chi connectivity index (χ0) is 5.98. The Morgan fingerprint density at radius 3 is 2.88 bits per heavy atom. The zero-order valence-electron chi connectivity index (χ0n) is 4.09. The van der Waals surface area contributed by atoms with Gasteiger partial charge in [-0.2, -0.15) is 4.89 Å². The Morgan fingerprint density at radius 1 is 1.88 bits per heavy atom. The maximum absolute atomic E-state index is 10.2. The van der Waals surface area contributed by atoms with Crippen molar-refractivity contribution < 1.29 is 14.6 Å². The summed E-state index contributed by atoms with van der Waals surface area (Å²) in [6.07, 6.45) is 1.47. The first-order valence-electron chi connectivity index (χ1n) is 2.10. The average Bonchev–Trinajstić information content (AvgIpc) is 2.12. The fourth-order valence-corrected chi connectivity index (χ4v) is 0.383. The first kappa shape index (κ1) is 5.11. The van der Waals surface area contributed by atoms with Gasteiger partial charge in [0.25, 0.3) is 5.91 Å². The molecule has 0 aromatic rings. The standard InChI is InChI=1S/C4H5NO3/c5-4(6)3-1-2-7-8-3/h1H,2H2,(H2,5,6). The Hall–Kier alpha value is -1.03.